The Labute approximate surface area is 100 Å². The summed E-state index contributed by atoms with van der Waals surface area (Å²) in [4.78, 5) is 10.3. The van der Waals surface area contributed by atoms with Gasteiger partial charge in [0.15, 0.2) is 0 Å². The Hall–Kier alpha value is -1.05. The van der Waals surface area contributed by atoms with Gasteiger partial charge in [0.05, 0.1) is 0 Å². The quantitative estimate of drug-likeness (QED) is 0.561. The van der Waals surface area contributed by atoms with Crippen molar-refractivity contribution < 1.29 is 9.90 Å². The molecule has 0 aliphatic rings. The molecule has 1 N–H and O–H groups in total. The zero-order valence-electron chi connectivity index (χ0n) is 11.5. The number of aliphatic carboxylic acids is 1. The van der Waals surface area contributed by atoms with Crippen LogP contribution in [0.2, 0.25) is 0 Å². The van der Waals surface area contributed by atoms with Gasteiger partial charge in [0.1, 0.15) is 0 Å². The lowest BCUT2D eigenvalue weighted by Gasteiger charge is -2.31. The van der Waals surface area contributed by atoms with E-state index in [2.05, 4.69) is 27.4 Å². The van der Waals surface area contributed by atoms with Crippen molar-refractivity contribution in [2.24, 2.45) is 11.3 Å². The van der Waals surface area contributed by atoms with E-state index in [9.17, 15) is 4.79 Å². The van der Waals surface area contributed by atoms with E-state index in [4.69, 9.17) is 5.11 Å². The number of hydrogen-bond donors (Lipinski definition) is 1. The molecular weight excluding hydrogens is 200 g/mol. The average molecular weight is 226 g/mol. The summed E-state index contributed by atoms with van der Waals surface area (Å²) in [5.41, 5.74) is 1.19. The number of allylic oxidation sites excluding steroid dienone is 2. The van der Waals surface area contributed by atoms with Crippen LogP contribution < -0.4 is 0 Å². The normalized spacial score (nSPS) is 12.9. The van der Waals surface area contributed by atoms with Gasteiger partial charge in [0.25, 0.3) is 0 Å². The number of carboxylic acid groups (broad SMARTS) is 1. The van der Waals surface area contributed by atoms with Crippen molar-refractivity contribution in [3.05, 3.63) is 24.3 Å². The minimum absolute atomic E-state index is 0.0584. The molecule has 0 radical (unpaired) electrons. The van der Waals surface area contributed by atoms with E-state index in [1.54, 1.807) is 6.08 Å². The molecule has 1 unspecified atom stereocenters. The molecule has 94 valence electrons. The minimum Gasteiger partial charge on any atom is -0.478 e. The van der Waals surface area contributed by atoms with Crippen LogP contribution in [0.15, 0.2) is 24.3 Å². The molecule has 2 nitrogen and oxygen atoms in total. The van der Waals surface area contributed by atoms with E-state index in [-0.39, 0.29) is 5.41 Å². The van der Waals surface area contributed by atoms with E-state index in [0.29, 0.717) is 5.92 Å². The van der Waals surface area contributed by atoms with Crippen LogP contribution in [-0.2, 0) is 4.79 Å². The molecule has 0 bridgehead atoms. The first-order chi connectivity index (χ1) is 7.28. The van der Waals surface area contributed by atoms with Gasteiger partial charge in [0, 0.05) is 6.08 Å². The summed E-state index contributed by atoms with van der Waals surface area (Å²) < 4.78 is 0. The fourth-order valence-corrected chi connectivity index (χ4v) is 1.09. The largest absolute Gasteiger partial charge is 0.478 e. The van der Waals surface area contributed by atoms with Crippen molar-refractivity contribution in [2.75, 3.05) is 0 Å². The third kappa shape index (κ3) is 6.44. The highest BCUT2D eigenvalue weighted by molar-refractivity contribution is 5.79. The molecule has 0 rings (SSSR count). The fourth-order valence-electron chi connectivity index (χ4n) is 1.09. The zero-order chi connectivity index (χ0) is 13.4. The lowest BCUT2D eigenvalue weighted by molar-refractivity contribution is -0.131. The van der Waals surface area contributed by atoms with Crippen LogP contribution in [0.1, 0.15) is 48.0 Å². The van der Waals surface area contributed by atoms with Crippen molar-refractivity contribution in [2.45, 2.75) is 48.0 Å². The molecule has 16 heavy (non-hydrogen) atoms. The van der Waals surface area contributed by atoms with Crippen LogP contribution in [0.5, 0.6) is 0 Å². The Balaban J connectivity index is 0. The first kappa shape index (κ1) is 17.3. The highest BCUT2D eigenvalue weighted by Crippen LogP contribution is 2.35. The van der Waals surface area contributed by atoms with Gasteiger partial charge in [0.2, 0.25) is 0 Å². The maximum absolute atomic E-state index is 10.3. The molecule has 0 aromatic heterocycles. The van der Waals surface area contributed by atoms with E-state index in [0.717, 1.165) is 12.0 Å². The van der Waals surface area contributed by atoms with Crippen molar-refractivity contribution >= 4 is 5.97 Å². The van der Waals surface area contributed by atoms with Crippen molar-refractivity contribution in [3.63, 3.8) is 0 Å². The molecular formula is C14H26O2. The van der Waals surface area contributed by atoms with E-state index < -0.39 is 5.97 Å². The molecule has 0 fully saturated rings. The highest BCUT2D eigenvalue weighted by atomic mass is 16.4. The fraction of sp³-hybridized carbons (Fsp3) is 0.643. The van der Waals surface area contributed by atoms with Gasteiger partial charge in [-0.1, -0.05) is 52.8 Å². The summed E-state index contributed by atoms with van der Waals surface area (Å²) >= 11 is 0. The molecule has 0 aromatic rings. The summed E-state index contributed by atoms with van der Waals surface area (Å²) in [5, 5.41) is 8.43. The van der Waals surface area contributed by atoms with Gasteiger partial charge in [-0.3, -0.25) is 0 Å². The van der Waals surface area contributed by atoms with Crippen LogP contribution >= 0.6 is 0 Å². The van der Waals surface area contributed by atoms with Gasteiger partial charge in [-0.25, -0.2) is 4.79 Å². The minimum atomic E-state index is -0.884. The Morgan fingerprint density at radius 2 is 1.88 bits per heavy atom. The third-order valence-corrected chi connectivity index (χ3v) is 3.08. The van der Waals surface area contributed by atoms with Gasteiger partial charge in [-0.05, 0) is 24.7 Å². The second-order valence-corrected chi connectivity index (χ2v) is 4.38. The van der Waals surface area contributed by atoms with Crippen molar-refractivity contribution in [1.29, 1.82) is 0 Å². The summed E-state index contributed by atoms with van der Waals surface area (Å²) in [6.45, 7) is 16.3. The summed E-state index contributed by atoms with van der Waals surface area (Å²) in [5.74, 6) is -0.485. The molecule has 2 heteroatoms. The summed E-state index contributed by atoms with van der Waals surface area (Å²) in [6.07, 6.45) is 3.68. The van der Waals surface area contributed by atoms with Crippen molar-refractivity contribution in [1.82, 2.24) is 0 Å². The Morgan fingerprint density at radius 3 is 2.19 bits per heavy atom. The van der Waals surface area contributed by atoms with Crippen LogP contribution in [0.3, 0.4) is 0 Å². The predicted molar refractivity (Wildman–Crippen MR) is 70.5 cm³/mol. The van der Waals surface area contributed by atoms with Crippen LogP contribution in [0.4, 0.5) is 0 Å². The van der Waals surface area contributed by atoms with Crippen LogP contribution in [0.25, 0.3) is 0 Å². The lowest BCUT2D eigenvalue weighted by atomic mass is 9.73. The molecule has 1 atom stereocenters. The molecule has 0 amide bonds. The monoisotopic (exact) mass is 226 g/mol. The average Bonchev–Trinajstić information content (AvgIpc) is 2.19. The smallest absolute Gasteiger partial charge is 0.327 e. The second-order valence-electron chi connectivity index (χ2n) is 4.38. The molecule has 0 heterocycles. The van der Waals surface area contributed by atoms with Crippen LogP contribution in [-0.4, -0.2) is 11.1 Å². The summed E-state index contributed by atoms with van der Waals surface area (Å²) in [7, 11) is 0. The Morgan fingerprint density at radius 1 is 1.44 bits per heavy atom. The SMILES string of the molecule is C=C(C)C(C)(C)C(C)C/C=C/C(=O)O.CC. The summed E-state index contributed by atoms with van der Waals surface area (Å²) in [6, 6.07) is 0. The van der Waals surface area contributed by atoms with Gasteiger partial charge in [-0.15, -0.1) is 0 Å². The molecule has 0 aromatic carbocycles. The lowest BCUT2D eigenvalue weighted by Crippen LogP contribution is -2.22. The highest BCUT2D eigenvalue weighted by Gasteiger charge is 2.25. The first-order valence-electron chi connectivity index (χ1n) is 5.84. The first-order valence-corrected chi connectivity index (χ1v) is 5.84. The number of hydrogen-bond acceptors (Lipinski definition) is 1. The molecule has 0 spiro atoms. The second kappa shape index (κ2) is 8.14. The molecule has 0 saturated carbocycles. The number of rotatable bonds is 5. The molecule has 0 aliphatic heterocycles. The number of carboxylic acids is 1. The Kier molecular flexibility index (Phi) is 8.83. The van der Waals surface area contributed by atoms with E-state index in [1.807, 2.05) is 20.8 Å². The Bertz CT molecular complexity index is 249. The van der Waals surface area contributed by atoms with E-state index >= 15 is 0 Å². The molecule has 0 saturated heterocycles. The van der Waals surface area contributed by atoms with Gasteiger partial charge in [-0.2, -0.15) is 0 Å². The maximum Gasteiger partial charge on any atom is 0.327 e. The predicted octanol–water partition coefficient (Wildman–Crippen LogP) is 4.28. The topological polar surface area (TPSA) is 37.3 Å². The number of carbonyl (C=O) groups is 1. The maximum atomic E-state index is 10.3. The van der Waals surface area contributed by atoms with Crippen LogP contribution in [0, 0.1) is 11.3 Å². The zero-order valence-corrected chi connectivity index (χ0v) is 11.5. The van der Waals surface area contributed by atoms with Gasteiger partial charge >= 0.3 is 5.97 Å². The van der Waals surface area contributed by atoms with Crippen molar-refractivity contribution in [3.8, 4) is 0 Å². The van der Waals surface area contributed by atoms with E-state index in [1.165, 1.54) is 6.08 Å². The van der Waals surface area contributed by atoms with Gasteiger partial charge < -0.3 is 5.11 Å². The third-order valence-electron chi connectivity index (χ3n) is 3.08. The molecule has 0 aliphatic carbocycles. The standard InChI is InChI=1S/C12H20O2.C2H6/c1-9(2)12(4,5)10(3)7-6-8-11(13)14;1-2/h6,8,10H,1,7H2,2-5H3,(H,13,14);1-2H3/b8-6+;.